The molecule has 0 aliphatic carbocycles. The minimum atomic E-state index is -2.97. The molecule has 1 fully saturated rings. The lowest BCUT2D eigenvalue weighted by molar-refractivity contribution is 0.0634. The molecule has 1 aromatic heterocycles. The van der Waals surface area contributed by atoms with Gasteiger partial charge in [0.05, 0.1) is 22.6 Å². The van der Waals surface area contributed by atoms with E-state index >= 15 is 0 Å². The van der Waals surface area contributed by atoms with Crippen LogP contribution in [0.25, 0.3) is 6.08 Å². The second kappa shape index (κ2) is 6.19. The van der Waals surface area contributed by atoms with Gasteiger partial charge in [-0.25, -0.2) is 8.42 Å². The lowest BCUT2D eigenvalue weighted by Gasteiger charge is -2.33. The molecule has 3 aliphatic heterocycles. The summed E-state index contributed by atoms with van der Waals surface area (Å²) in [6.45, 7) is 0.857. The molecule has 1 saturated heterocycles. The molecule has 0 bridgehead atoms. The topological polar surface area (TPSA) is 72.9 Å². The van der Waals surface area contributed by atoms with Crippen molar-refractivity contribution in [1.29, 1.82) is 0 Å². The summed E-state index contributed by atoms with van der Waals surface area (Å²) < 4.78 is 35.4. The van der Waals surface area contributed by atoms with Crippen molar-refractivity contribution in [2.24, 2.45) is 0 Å². The zero-order valence-electron chi connectivity index (χ0n) is 14.4. The molecule has 4 heterocycles. The summed E-state index contributed by atoms with van der Waals surface area (Å²) in [7, 11) is -2.97. The van der Waals surface area contributed by atoms with Crippen LogP contribution in [0.4, 0.5) is 0 Å². The molecular weight excluding hydrogens is 386 g/mol. The molecule has 3 aliphatic rings. The van der Waals surface area contributed by atoms with Crippen LogP contribution in [0.1, 0.15) is 27.2 Å². The van der Waals surface area contributed by atoms with Crippen molar-refractivity contribution in [2.45, 2.75) is 19.0 Å². The average molecular weight is 403 g/mol. The van der Waals surface area contributed by atoms with Gasteiger partial charge in [0, 0.05) is 23.5 Å². The predicted octanol–water partition coefficient (Wildman–Crippen LogP) is 2.70. The number of hydrogen-bond acceptors (Lipinski definition) is 7. The molecule has 1 unspecified atom stereocenters. The van der Waals surface area contributed by atoms with E-state index in [1.165, 1.54) is 11.3 Å². The van der Waals surface area contributed by atoms with E-state index in [1.807, 2.05) is 22.4 Å². The number of Topliss-reactive ketones (excluding diaryl/α,β-unsaturated/α-hetero) is 1. The fourth-order valence-electron chi connectivity index (χ4n) is 3.78. The van der Waals surface area contributed by atoms with Crippen molar-refractivity contribution in [2.75, 3.05) is 18.2 Å². The summed E-state index contributed by atoms with van der Waals surface area (Å²) in [5.74, 6) is 1.77. The molecule has 6 nitrogen and oxygen atoms in total. The zero-order valence-corrected chi connectivity index (χ0v) is 16.0. The first-order chi connectivity index (χ1) is 13.0. The van der Waals surface area contributed by atoms with Crippen molar-refractivity contribution >= 4 is 33.0 Å². The van der Waals surface area contributed by atoms with E-state index in [-0.39, 0.29) is 23.3 Å². The molecule has 5 rings (SSSR count). The summed E-state index contributed by atoms with van der Waals surface area (Å²) in [6.07, 6.45) is 2.36. The van der Waals surface area contributed by atoms with Gasteiger partial charge >= 0.3 is 0 Å². The number of fused-ring (bicyclic) bond motifs is 3. The number of rotatable bonds is 2. The number of nitrogens with zero attached hydrogens (tertiary/aromatic N) is 1. The highest BCUT2D eigenvalue weighted by Crippen LogP contribution is 2.42. The van der Waals surface area contributed by atoms with Gasteiger partial charge in [-0.3, -0.25) is 9.69 Å². The summed E-state index contributed by atoms with van der Waals surface area (Å²) >= 11 is 1.54. The average Bonchev–Trinajstić information content (AvgIpc) is 3.36. The molecule has 0 amide bonds. The Morgan fingerprint density at radius 1 is 1.26 bits per heavy atom. The Balaban J connectivity index is 1.46. The molecule has 1 atom stereocenters. The molecule has 0 spiro atoms. The number of hydrogen-bond donors (Lipinski definition) is 0. The highest BCUT2D eigenvalue weighted by molar-refractivity contribution is 7.91. The largest absolute Gasteiger partial charge is 0.478 e. The third kappa shape index (κ3) is 2.97. The molecule has 0 saturated carbocycles. The first-order valence-electron chi connectivity index (χ1n) is 8.71. The maximum absolute atomic E-state index is 12.7. The number of ketones is 1. The van der Waals surface area contributed by atoms with Crippen LogP contribution in [-0.2, 0) is 16.4 Å². The van der Waals surface area contributed by atoms with Gasteiger partial charge in [0.25, 0.3) is 0 Å². The molecule has 27 heavy (non-hydrogen) atoms. The number of allylic oxidation sites excluding steroid dienone is 1. The first kappa shape index (κ1) is 17.0. The molecule has 1 aromatic carbocycles. The SMILES string of the molecule is O=C1/C(=C\c2cccs2)Oc2c1ccc1c2CN(C2CCS(=O)(=O)C2)CO1. The van der Waals surface area contributed by atoms with Gasteiger partial charge in [-0.05, 0) is 30.0 Å². The Morgan fingerprint density at radius 2 is 2.15 bits per heavy atom. The number of carbonyl (C=O) groups excluding carboxylic acids is 1. The second-order valence-electron chi connectivity index (χ2n) is 6.95. The number of carbonyl (C=O) groups is 1. The molecular formula is C19H17NO5S2. The highest BCUT2D eigenvalue weighted by Gasteiger charge is 2.38. The molecule has 8 heteroatoms. The molecule has 140 valence electrons. The Kier molecular flexibility index (Phi) is 3.89. The smallest absolute Gasteiger partial charge is 0.232 e. The lowest BCUT2D eigenvalue weighted by Crippen LogP contribution is -2.41. The van der Waals surface area contributed by atoms with E-state index in [9.17, 15) is 13.2 Å². The Morgan fingerprint density at radius 3 is 2.89 bits per heavy atom. The molecule has 0 N–H and O–H groups in total. The van der Waals surface area contributed by atoms with Crippen LogP contribution < -0.4 is 9.47 Å². The van der Waals surface area contributed by atoms with Crippen LogP contribution in [0.3, 0.4) is 0 Å². The van der Waals surface area contributed by atoms with E-state index in [1.54, 1.807) is 18.2 Å². The van der Waals surface area contributed by atoms with Gasteiger partial charge in [-0.1, -0.05) is 6.07 Å². The van der Waals surface area contributed by atoms with Crippen LogP contribution in [0.15, 0.2) is 35.4 Å². The van der Waals surface area contributed by atoms with Crippen molar-refractivity contribution in [3.8, 4) is 11.5 Å². The quantitative estimate of drug-likeness (QED) is 0.718. The highest BCUT2D eigenvalue weighted by atomic mass is 32.2. The summed E-state index contributed by atoms with van der Waals surface area (Å²) in [4.78, 5) is 15.7. The molecule has 0 radical (unpaired) electrons. The maximum Gasteiger partial charge on any atom is 0.232 e. The van der Waals surface area contributed by atoms with E-state index in [0.29, 0.717) is 42.5 Å². The van der Waals surface area contributed by atoms with Crippen LogP contribution >= 0.6 is 11.3 Å². The summed E-state index contributed by atoms with van der Waals surface area (Å²) in [6, 6.07) is 7.33. The normalized spacial score (nSPS) is 25.1. The van der Waals surface area contributed by atoms with E-state index in [4.69, 9.17) is 9.47 Å². The van der Waals surface area contributed by atoms with Crippen molar-refractivity contribution in [3.63, 3.8) is 0 Å². The van der Waals surface area contributed by atoms with Crippen molar-refractivity contribution < 1.29 is 22.7 Å². The van der Waals surface area contributed by atoms with Gasteiger partial charge in [0.15, 0.2) is 15.6 Å². The Hall–Kier alpha value is -2.16. The summed E-state index contributed by atoms with van der Waals surface area (Å²) in [5, 5.41) is 1.95. The Bertz CT molecular complexity index is 1060. The summed E-state index contributed by atoms with van der Waals surface area (Å²) in [5.41, 5.74) is 1.34. The van der Waals surface area contributed by atoms with Crippen LogP contribution in [0, 0.1) is 0 Å². The first-order valence-corrected chi connectivity index (χ1v) is 11.4. The maximum atomic E-state index is 12.7. The number of thiophene rings is 1. The van der Waals surface area contributed by atoms with Gasteiger partial charge in [0.1, 0.15) is 18.2 Å². The lowest BCUT2D eigenvalue weighted by atomic mass is 10.0. The third-order valence-corrected chi connectivity index (χ3v) is 7.76. The van der Waals surface area contributed by atoms with Gasteiger partial charge in [-0.15, -0.1) is 11.3 Å². The zero-order chi connectivity index (χ0) is 18.6. The second-order valence-corrected chi connectivity index (χ2v) is 10.2. The third-order valence-electron chi connectivity index (χ3n) is 5.19. The Labute approximate surface area is 160 Å². The fraction of sp³-hybridized carbons (Fsp3) is 0.316. The minimum absolute atomic E-state index is 0.0581. The van der Waals surface area contributed by atoms with Crippen LogP contribution in [0.2, 0.25) is 0 Å². The molecule has 2 aromatic rings. The number of benzene rings is 1. The van der Waals surface area contributed by atoms with Crippen LogP contribution in [-0.4, -0.2) is 43.4 Å². The minimum Gasteiger partial charge on any atom is -0.478 e. The fourth-order valence-corrected chi connectivity index (χ4v) is 6.18. The van der Waals surface area contributed by atoms with Gasteiger partial charge in [0.2, 0.25) is 5.78 Å². The van der Waals surface area contributed by atoms with E-state index in [2.05, 4.69) is 0 Å². The van der Waals surface area contributed by atoms with Gasteiger partial charge < -0.3 is 9.47 Å². The number of ether oxygens (including phenoxy) is 2. The number of sulfone groups is 1. The monoisotopic (exact) mass is 403 g/mol. The van der Waals surface area contributed by atoms with Crippen molar-refractivity contribution in [3.05, 3.63) is 51.4 Å². The van der Waals surface area contributed by atoms with E-state index < -0.39 is 9.84 Å². The standard InChI is InChI=1S/C19H17NO5S2/c21-18-14-3-4-16-15(19(14)25-17(18)8-13-2-1-6-26-13)9-20(11-24-16)12-5-7-27(22,23)10-12/h1-4,6,8,12H,5,7,9-11H2/b17-8+. The van der Waals surface area contributed by atoms with Gasteiger partial charge in [-0.2, -0.15) is 0 Å². The van der Waals surface area contributed by atoms with Crippen molar-refractivity contribution in [1.82, 2.24) is 4.90 Å². The van der Waals surface area contributed by atoms with Crippen LogP contribution in [0.5, 0.6) is 11.5 Å². The predicted molar refractivity (Wildman–Crippen MR) is 102 cm³/mol. The van der Waals surface area contributed by atoms with E-state index in [0.717, 1.165) is 10.4 Å².